The van der Waals surface area contributed by atoms with Gasteiger partial charge in [0.2, 0.25) is 5.91 Å². The number of hydrogen-bond donors (Lipinski definition) is 1. The Morgan fingerprint density at radius 3 is 2.52 bits per heavy atom. The highest BCUT2D eigenvalue weighted by Gasteiger charge is 2.25. The third-order valence-electron chi connectivity index (χ3n) is 4.85. The summed E-state index contributed by atoms with van der Waals surface area (Å²) in [5, 5.41) is 12.3. The Labute approximate surface area is 200 Å². The van der Waals surface area contributed by atoms with Crippen LogP contribution in [0.15, 0.2) is 35.5 Å². The van der Waals surface area contributed by atoms with Crippen LogP contribution in [-0.4, -0.2) is 44.8 Å². The average Bonchev–Trinajstić information content (AvgIpc) is 3.33. The second-order valence-corrected chi connectivity index (χ2v) is 9.14. The van der Waals surface area contributed by atoms with Crippen molar-refractivity contribution in [3.8, 4) is 0 Å². The number of esters is 1. The molecular weight excluding hydrogens is 460 g/mol. The molecule has 0 aliphatic heterocycles. The Kier molecular flexibility index (Phi) is 8.40. The van der Waals surface area contributed by atoms with Crippen molar-refractivity contribution in [2.75, 3.05) is 17.7 Å². The number of nitrogens with one attached hydrogen (secondary N) is 1. The van der Waals surface area contributed by atoms with Gasteiger partial charge in [-0.15, -0.1) is 21.5 Å². The van der Waals surface area contributed by atoms with Gasteiger partial charge in [-0.1, -0.05) is 42.1 Å². The number of nitrogens with zero attached hydrogens (tertiary/aromatic N) is 3. The van der Waals surface area contributed by atoms with Crippen LogP contribution in [0.3, 0.4) is 0 Å². The van der Waals surface area contributed by atoms with Gasteiger partial charge in [0.1, 0.15) is 10.8 Å². The van der Waals surface area contributed by atoms with E-state index in [1.54, 1.807) is 13.8 Å². The van der Waals surface area contributed by atoms with E-state index in [2.05, 4.69) is 15.5 Å². The summed E-state index contributed by atoms with van der Waals surface area (Å²) in [6, 6.07) is 10.0. The Bertz CT molecular complexity index is 1150. The van der Waals surface area contributed by atoms with Crippen LogP contribution in [0.25, 0.3) is 0 Å². The van der Waals surface area contributed by atoms with Crippen molar-refractivity contribution < 1.29 is 19.1 Å². The number of rotatable bonds is 10. The summed E-state index contributed by atoms with van der Waals surface area (Å²) in [7, 11) is 0. The van der Waals surface area contributed by atoms with Gasteiger partial charge in [-0.2, -0.15) is 0 Å². The lowest BCUT2D eigenvalue weighted by molar-refractivity contribution is -0.113. The van der Waals surface area contributed by atoms with E-state index >= 15 is 0 Å². The summed E-state index contributed by atoms with van der Waals surface area (Å²) < 4.78 is 7.10. The predicted molar refractivity (Wildman–Crippen MR) is 129 cm³/mol. The molecule has 2 heterocycles. The molecule has 174 valence electrons. The number of Topliss-reactive ketones (excluding diaryl/α,β-unsaturated/α-hetero) is 1. The lowest BCUT2D eigenvalue weighted by Gasteiger charge is -2.08. The van der Waals surface area contributed by atoms with Crippen molar-refractivity contribution in [3.63, 3.8) is 0 Å². The molecular formula is C23H26N4O4S2. The number of carbonyl (C=O) groups excluding carboxylic acids is 3. The lowest BCUT2D eigenvalue weighted by Crippen LogP contribution is -2.17. The van der Waals surface area contributed by atoms with Gasteiger partial charge in [0.05, 0.1) is 22.8 Å². The van der Waals surface area contributed by atoms with Gasteiger partial charge < -0.3 is 14.6 Å². The molecule has 0 fully saturated rings. The molecule has 2 aromatic heterocycles. The van der Waals surface area contributed by atoms with Gasteiger partial charge in [0.15, 0.2) is 10.9 Å². The monoisotopic (exact) mass is 486 g/mol. The normalized spacial score (nSPS) is 10.8. The number of hydrogen-bond acceptors (Lipinski definition) is 8. The van der Waals surface area contributed by atoms with Gasteiger partial charge in [-0.3, -0.25) is 9.59 Å². The molecule has 0 aliphatic carbocycles. The van der Waals surface area contributed by atoms with Crippen LogP contribution in [0.1, 0.15) is 57.8 Å². The topological polar surface area (TPSA) is 103 Å². The minimum atomic E-state index is -0.557. The first-order valence-corrected chi connectivity index (χ1v) is 12.4. The second-order valence-electron chi connectivity index (χ2n) is 7.18. The number of benzene rings is 1. The van der Waals surface area contributed by atoms with Crippen LogP contribution < -0.4 is 5.32 Å². The minimum absolute atomic E-state index is 0.0814. The molecule has 0 bridgehead atoms. The molecule has 10 heteroatoms. The third kappa shape index (κ3) is 5.88. The molecule has 0 saturated heterocycles. The first-order chi connectivity index (χ1) is 15.8. The van der Waals surface area contributed by atoms with Crippen molar-refractivity contribution >= 4 is 45.8 Å². The van der Waals surface area contributed by atoms with Gasteiger partial charge in [-0.25, -0.2) is 4.79 Å². The zero-order chi connectivity index (χ0) is 24.0. The quantitative estimate of drug-likeness (QED) is 0.258. The highest BCUT2D eigenvalue weighted by Crippen LogP contribution is 2.34. The van der Waals surface area contributed by atoms with Crippen molar-refractivity contribution in [2.24, 2.45) is 0 Å². The number of thiophene rings is 1. The number of anilines is 1. The zero-order valence-corrected chi connectivity index (χ0v) is 20.6. The molecule has 1 amide bonds. The number of amides is 1. The van der Waals surface area contributed by atoms with E-state index in [0.29, 0.717) is 33.6 Å². The summed E-state index contributed by atoms with van der Waals surface area (Å²) in [4.78, 5) is 37.5. The van der Waals surface area contributed by atoms with Crippen molar-refractivity contribution in [1.82, 2.24) is 14.8 Å². The summed E-state index contributed by atoms with van der Waals surface area (Å²) in [5.74, 6) is -0.121. The summed E-state index contributed by atoms with van der Waals surface area (Å²) >= 11 is 2.36. The number of ketones is 1. The molecule has 3 aromatic rings. The van der Waals surface area contributed by atoms with E-state index in [1.165, 1.54) is 18.7 Å². The lowest BCUT2D eigenvalue weighted by atomic mass is 10.1. The molecule has 33 heavy (non-hydrogen) atoms. The van der Waals surface area contributed by atoms with E-state index in [9.17, 15) is 14.4 Å². The smallest absolute Gasteiger partial charge is 0.341 e. The molecule has 0 aliphatic rings. The number of carbonyl (C=O) groups is 3. The summed E-state index contributed by atoms with van der Waals surface area (Å²) in [6.07, 6.45) is 0.652. The molecule has 3 rings (SSSR count). The highest BCUT2D eigenvalue weighted by atomic mass is 32.2. The molecule has 1 N–H and O–H groups in total. The Balaban J connectivity index is 1.72. The molecule has 0 radical (unpaired) electrons. The minimum Gasteiger partial charge on any atom is -0.462 e. The fourth-order valence-corrected chi connectivity index (χ4v) is 5.26. The maximum absolute atomic E-state index is 12.7. The third-order valence-corrected chi connectivity index (χ3v) is 7.12. The van der Waals surface area contributed by atoms with Crippen LogP contribution >= 0.6 is 23.1 Å². The van der Waals surface area contributed by atoms with Gasteiger partial charge in [-0.05, 0) is 38.8 Å². The second kappa shape index (κ2) is 11.2. The Hall–Kier alpha value is -2.98. The van der Waals surface area contributed by atoms with Gasteiger partial charge in [0.25, 0.3) is 0 Å². The van der Waals surface area contributed by atoms with Crippen LogP contribution in [0.2, 0.25) is 0 Å². The largest absolute Gasteiger partial charge is 0.462 e. The van der Waals surface area contributed by atoms with Gasteiger partial charge in [0, 0.05) is 13.0 Å². The van der Waals surface area contributed by atoms with Crippen LogP contribution in [-0.2, 0) is 22.5 Å². The Morgan fingerprint density at radius 1 is 1.15 bits per heavy atom. The summed E-state index contributed by atoms with van der Waals surface area (Å²) in [5.41, 5.74) is 1.88. The molecule has 0 spiro atoms. The SMILES string of the molecule is CCOC(=O)c1c(NC(=O)CSc2nnc(Cc3ccccc3)n2CC)sc(C(C)=O)c1C. The van der Waals surface area contributed by atoms with Gasteiger partial charge >= 0.3 is 5.97 Å². The number of thioether (sulfide) groups is 1. The zero-order valence-electron chi connectivity index (χ0n) is 19.0. The maximum Gasteiger partial charge on any atom is 0.341 e. The fraction of sp³-hybridized carbons (Fsp3) is 0.348. The first kappa shape index (κ1) is 24.7. The van der Waals surface area contributed by atoms with E-state index in [4.69, 9.17) is 4.74 Å². The van der Waals surface area contributed by atoms with Crippen LogP contribution in [0.5, 0.6) is 0 Å². The number of aromatic nitrogens is 3. The van der Waals surface area contributed by atoms with Crippen LogP contribution in [0, 0.1) is 6.92 Å². The molecule has 0 unspecified atom stereocenters. The molecule has 0 saturated carbocycles. The highest BCUT2D eigenvalue weighted by molar-refractivity contribution is 7.99. The Morgan fingerprint density at radius 2 is 1.88 bits per heavy atom. The molecule has 8 nitrogen and oxygen atoms in total. The van der Waals surface area contributed by atoms with Crippen LogP contribution in [0.4, 0.5) is 5.00 Å². The molecule has 0 atom stereocenters. The first-order valence-electron chi connectivity index (χ1n) is 10.6. The average molecular weight is 487 g/mol. The van der Waals surface area contributed by atoms with E-state index in [0.717, 1.165) is 22.7 Å². The fourth-order valence-electron chi connectivity index (χ4n) is 3.33. The number of ether oxygens (including phenoxy) is 1. The van der Waals surface area contributed by atoms with E-state index in [-0.39, 0.29) is 29.6 Å². The van der Waals surface area contributed by atoms with Crippen molar-refractivity contribution in [1.29, 1.82) is 0 Å². The maximum atomic E-state index is 12.7. The standard InChI is InChI=1S/C23H26N4O4S2/c1-5-27-17(12-16-10-8-7-9-11-16)25-26-23(27)32-13-18(29)24-21-19(22(30)31-6-2)14(3)20(33-21)15(4)28/h7-11H,5-6,12-13H2,1-4H3,(H,24,29). The van der Waals surface area contributed by atoms with E-state index in [1.807, 2.05) is 41.8 Å². The summed E-state index contributed by atoms with van der Waals surface area (Å²) in [6.45, 7) is 7.70. The van der Waals surface area contributed by atoms with Crippen molar-refractivity contribution in [2.45, 2.75) is 45.8 Å². The van der Waals surface area contributed by atoms with Crippen molar-refractivity contribution in [3.05, 3.63) is 57.7 Å². The predicted octanol–water partition coefficient (Wildman–Crippen LogP) is 4.37. The molecule has 1 aromatic carbocycles. The van der Waals surface area contributed by atoms with E-state index < -0.39 is 5.97 Å².